The number of carbonyl (C=O) groups is 2. The number of unbranched alkanes of at least 4 members (excludes halogenated alkanes) is 1. The van der Waals surface area contributed by atoms with E-state index in [0.717, 1.165) is 56.7 Å². The van der Waals surface area contributed by atoms with Gasteiger partial charge in [-0.15, -0.1) is 22.7 Å². The maximum atomic E-state index is 13.5. The molecule has 19 heteroatoms. The molecule has 7 rings (SSSR count). The molecule has 2 aliphatic rings. The standard InChI is InChI=1S/C21H22N2O6S2.C20H25NO6S2/c1-2-29-15-5-3-14(4-6-15)19-22-17-8-7-16(13-18(17)30-19)31(26,27)21(20(24)23-25)9-11-28-12-10-21;1-2-3-12-27-16-6-4-15(5-7-16)17-8-9-18(28-17)29(24,25)20(19(22)21-23)10-13-26-14-11-20/h3-8,13,25H,2,9-12H2,1H3,(H,23,24);4-9,23H,2-3,10-14H2,1H3,(H,21,22). The largest absolute Gasteiger partial charge is 0.494 e. The fraction of sp³-hybridized carbons (Fsp3) is 0.390. The van der Waals surface area contributed by atoms with Crippen LogP contribution in [0.2, 0.25) is 0 Å². The van der Waals surface area contributed by atoms with Crippen LogP contribution in [0.25, 0.3) is 31.2 Å². The lowest BCUT2D eigenvalue weighted by Gasteiger charge is -2.34. The predicted molar refractivity (Wildman–Crippen MR) is 226 cm³/mol. The lowest BCUT2D eigenvalue weighted by atomic mass is 9.98. The number of hydrogen-bond donors (Lipinski definition) is 4. The van der Waals surface area contributed by atoms with Crippen molar-refractivity contribution in [3.8, 4) is 32.5 Å². The van der Waals surface area contributed by atoms with Crippen LogP contribution in [0.1, 0.15) is 52.4 Å². The van der Waals surface area contributed by atoms with Crippen molar-refractivity contribution in [1.82, 2.24) is 15.9 Å². The third kappa shape index (κ3) is 9.08. The molecule has 2 aliphatic heterocycles. The summed E-state index contributed by atoms with van der Waals surface area (Å²) in [6.45, 7) is 5.80. The molecule has 15 nitrogen and oxygen atoms in total. The Morgan fingerprint density at radius 3 is 1.82 bits per heavy atom. The van der Waals surface area contributed by atoms with Crippen molar-refractivity contribution in [3.05, 3.63) is 78.9 Å². The zero-order valence-electron chi connectivity index (χ0n) is 33.0. The minimum absolute atomic E-state index is 0.00123. The Hall–Kier alpha value is -4.47. The van der Waals surface area contributed by atoms with Crippen molar-refractivity contribution < 1.29 is 55.8 Å². The van der Waals surface area contributed by atoms with E-state index >= 15 is 0 Å². The van der Waals surface area contributed by atoms with Gasteiger partial charge < -0.3 is 18.9 Å². The summed E-state index contributed by atoms with van der Waals surface area (Å²) in [7, 11) is -8.09. The maximum absolute atomic E-state index is 13.5. The first-order valence-corrected chi connectivity index (χ1v) is 24.0. The van der Waals surface area contributed by atoms with Gasteiger partial charge in [0.15, 0.2) is 19.3 Å². The SMILES string of the molecule is CCCCOc1ccc(-c2ccc(S(=O)(=O)C3(C(=O)NO)CCOCC3)s2)cc1.CCOc1ccc(-c2nc3ccc(S(=O)(=O)C4(C(=O)NO)CCOCC4)cc3s2)cc1. The third-order valence-corrected chi connectivity index (χ3v) is 18.2. The van der Waals surface area contributed by atoms with Gasteiger partial charge in [0, 0.05) is 36.9 Å². The first-order valence-electron chi connectivity index (χ1n) is 19.4. The molecule has 2 amide bonds. The maximum Gasteiger partial charge on any atom is 0.265 e. The molecule has 322 valence electrons. The molecule has 2 aromatic heterocycles. The van der Waals surface area contributed by atoms with Crippen LogP contribution in [-0.4, -0.2) is 93.2 Å². The smallest absolute Gasteiger partial charge is 0.265 e. The lowest BCUT2D eigenvalue weighted by molar-refractivity contribution is -0.135. The molecule has 0 bridgehead atoms. The second kappa shape index (κ2) is 19.5. The Bertz CT molecular complexity index is 2470. The zero-order valence-corrected chi connectivity index (χ0v) is 36.3. The third-order valence-electron chi connectivity index (χ3n) is 10.5. The summed E-state index contributed by atoms with van der Waals surface area (Å²) in [4.78, 5) is 30.1. The highest BCUT2D eigenvalue weighted by Crippen LogP contribution is 2.41. The molecular formula is C41H47N3O12S4. The molecule has 0 aliphatic carbocycles. The number of fused-ring (bicyclic) bond motifs is 1. The highest BCUT2D eigenvalue weighted by Gasteiger charge is 2.53. The molecule has 0 radical (unpaired) electrons. The van der Waals surface area contributed by atoms with Crippen LogP contribution in [0.5, 0.6) is 11.5 Å². The normalized spacial score (nSPS) is 16.3. The van der Waals surface area contributed by atoms with E-state index in [9.17, 15) is 31.6 Å². The number of amides is 2. The molecule has 4 heterocycles. The number of ether oxygens (including phenoxy) is 4. The highest BCUT2D eigenvalue weighted by molar-refractivity contribution is 7.95. The molecule has 0 spiro atoms. The number of benzene rings is 3. The predicted octanol–water partition coefficient (Wildman–Crippen LogP) is 6.61. The fourth-order valence-electron chi connectivity index (χ4n) is 6.99. The molecule has 2 fully saturated rings. The van der Waals surface area contributed by atoms with Gasteiger partial charge in [0.05, 0.1) is 28.3 Å². The molecule has 4 N–H and O–H groups in total. The van der Waals surface area contributed by atoms with Gasteiger partial charge in [0.1, 0.15) is 20.7 Å². The number of nitrogens with one attached hydrogen (secondary N) is 2. The quantitative estimate of drug-likeness (QED) is 0.0525. The number of hydroxylamine groups is 2. The monoisotopic (exact) mass is 901 g/mol. The average molecular weight is 902 g/mol. The van der Waals surface area contributed by atoms with Crippen molar-refractivity contribution in [1.29, 1.82) is 0 Å². The second-order valence-corrected chi connectivity index (χ2v) is 20.9. The van der Waals surface area contributed by atoms with E-state index in [4.69, 9.17) is 24.2 Å². The van der Waals surface area contributed by atoms with Gasteiger partial charge in [-0.1, -0.05) is 13.3 Å². The molecule has 0 unspecified atom stereocenters. The van der Waals surface area contributed by atoms with E-state index in [2.05, 4.69) is 11.9 Å². The topological polar surface area (TPSA) is 217 Å². The Morgan fingerprint density at radius 1 is 0.717 bits per heavy atom. The Labute approximate surface area is 356 Å². The van der Waals surface area contributed by atoms with Gasteiger partial charge in [-0.05, 0) is 123 Å². The summed E-state index contributed by atoms with van der Waals surface area (Å²) in [6.07, 6.45) is 1.99. The van der Waals surface area contributed by atoms with Gasteiger partial charge >= 0.3 is 0 Å². The van der Waals surface area contributed by atoms with Crippen molar-refractivity contribution in [2.75, 3.05) is 39.6 Å². The number of rotatable bonds is 14. The van der Waals surface area contributed by atoms with Gasteiger partial charge in [-0.3, -0.25) is 20.0 Å². The molecule has 5 aromatic rings. The van der Waals surface area contributed by atoms with Crippen molar-refractivity contribution in [2.45, 2.75) is 71.0 Å². The molecular weight excluding hydrogens is 855 g/mol. The summed E-state index contributed by atoms with van der Waals surface area (Å²) in [6, 6.07) is 22.9. The number of thiazole rings is 1. The van der Waals surface area contributed by atoms with E-state index in [-0.39, 0.29) is 61.2 Å². The molecule has 3 aromatic carbocycles. The number of aromatic nitrogens is 1. The molecule has 60 heavy (non-hydrogen) atoms. The molecule has 0 saturated carbocycles. The van der Waals surface area contributed by atoms with Crippen LogP contribution in [0.15, 0.2) is 88.0 Å². The van der Waals surface area contributed by atoms with E-state index in [1.165, 1.54) is 34.4 Å². The number of sulfone groups is 2. The summed E-state index contributed by atoms with van der Waals surface area (Å²) >= 11 is 2.48. The lowest BCUT2D eigenvalue weighted by Crippen LogP contribution is -2.54. The first-order chi connectivity index (χ1) is 28.9. The van der Waals surface area contributed by atoms with Crippen LogP contribution in [-0.2, 0) is 38.7 Å². The van der Waals surface area contributed by atoms with Crippen LogP contribution < -0.4 is 20.4 Å². The van der Waals surface area contributed by atoms with Crippen molar-refractivity contribution in [2.24, 2.45) is 0 Å². The van der Waals surface area contributed by atoms with E-state index in [1.54, 1.807) is 18.2 Å². The minimum atomic E-state index is -4.08. The molecule has 2 saturated heterocycles. The van der Waals surface area contributed by atoms with Crippen LogP contribution in [0.4, 0.5) is 0 Å². The van der Waals surface area contributed by atoms with Gasteiger partial charge in [-0.25, -0.2) is 32.8 Å². The minimum Gasteiger partial charge on any atom is -0.494 e. The zero-order chi connectivity index (χ0) is 43.0. The first kappa shape index (κ1) is 45.1. The summed E-state index contributed by atoms with van der Waals surface area (Å²) in [5, 5.41) is 19.1. The van der Waals surface area contributed by atoms with Gasteiger partial charge in [0.25, 0.3) is 11.8 Å². The average Bonchev–Trinajstić information content (AvgIpc) is 3.96. The second-order valence-electron chi connectivity index (χ2n) is 14.1. The van der Waals surface area contributed by atoms with Crippen LogP contribution >= 0.6 is 22.7 Å². The number of nitrogens with zero attached hydrogens (tertiary/aromatic N) is 1. The number of thiophene rings is 1. The Balaban J connectivity index is 0.000000202. The van der Waals surface area contributed by atoms with Gasteiger partial charge in [-0.2, -0.15) is 0 Å². The summed E-state index contributed by atoms with van der Waals surface area (Å²) < 4.78 is 72.5. The fourth-order valence-corrected chi connectivity index (χ4v) is 13.6. The van der Waals surface area contributed by atoms with Crippen LogP contribution in [0, 0.1) is 0 Å². The number of hydrogen-bond acceptors (Lipinski definition) is 15. The Morgan fingerprint density at radius 2 is 1.27 bits per heavy atom. The summed E-state index contributed by atoms with van der Waals surface area (Å²) in [5.41, 5.74) is 5.50. The molecule has 0 atom stereocenters. The van der Waals surface area contributed by atoms with Crippen LogP contribution in [0.3, 0.4) is 0 Å². The van der Waals surface area contributed by atoms with Gasteiger partial charge in [0.2, 0.25) is 9.84 Å². The summed E-state index contributed by atoms with van der Waals surface area (Å²) in [5.74, 6) is -0.309. The van der Waals surface area contributed by atoms with E-state index in [1.807, 2.05) is 55.5 Å². The van der Waals surface area contributed by atoms with E-state index in [0.29, 0.717) is 23.4 Å². The van der Waals surface area contributed by atoms with Crippen molar-refractivity contribution >= 4 is 64.4 Å². The van der Waals surface area contributed by atoms with E-state index < -0.39 is 41.0 Å². The van der Waals surface area contributed by atoms with Crippen molar-refractivity contribution in [3.63, 3.8) is 0 Å². The number of carbonyl (C=O) groups excluding carboxylic acids is 2. The highest BCUT2D eigenvalue weighted by atomic mass is 32.2. The Kier molecular flexibility index (Phi) is 14.6.